The van der Waals surface area contributed by atoms with Crippen LogP contribution in [0.1, 0.15) is 19.4 Å². The molecule has 0 aliphatic carbocycles. The molecule has 1 rings (SSSR count). The van der Waals surface area contributed by atoms with E-state index in [-0.39, 0.29) is 0 Å². The Kier molecular flexibility index (Phi) is 4.49. The second-order valence-electron chi connectivity index (χ2n) is 3.92. The topological polar surface area (TPSA) is 37.0 Å². The molecule has 15 heavy (non-hydrogen) atoms. The third-order valence-electron chi connectivity index (χ3n) is 1.96. The molecule has 1 aromatic rings. The van der Waals surface area contributed by atoms with E-state index in [2.05, 4.69) is 29.5 Å². The zero-order chi connectivity index (χ0) is 11.3. The van der Waals surface area contributed by atoms with Crippen LogP contribution in [0.3, 0.4) is 0 Å². The summed E-state index contributed by atoms with van der Waals surface area (Å²) >= 11 is 5.16. The first-order valence-corrected chi connectivity index (χ1v) is 5.46. The van der Waals surface area contributed by atoms with Crippen molar-refractivity contribution in [3.8, 4) is 0 Å². The zero-order valence-electron chi connectivity index (χ0n) is 9.37. The van der Waals surface area contributed by atoms with E-state index in [0.717, 1.165) is 17.8 Å². The number of rotatable bonds is 3. The van der Waals surface area contributed by atoms with Crippen molar-refractivity contribution in [1.82, 2.24) is 10.3 Å². The molecule has 0 fully saturated rings. The normalized spacial score (nSPS) is 10.1. The second kappa shape index (κ2) is 5.66. The summed E-state index contributed by atoms with van der Waals surface area (Å²) in [5, 5.41) is 6.93. The first kappa shape index (κ1) is 11.9. The van der Waals surface area contributed by atoms with Crippen LogP contribution in [-0.2, 0) is 0 Å². The van der Waals surface area contributed by atoms with Crippen LogP contribution < -0.4 is 10.6 Å². The molecule has 1 aromatic heterocycles. The molecule has 3 nitrogen and oxygen atoms in total. The Labute approximate surface area is 96.3 Å². The maximum Gasteiger partial charge on any atom is 0.170 e. The highest BCUT2D eigenvalue weighted by atomic mass is 32.1. The number of aromatic nitrogens is 1. The van der Waals surface area contributed by atoms with Crippen molar-refractivity contribution in [3.05, 3.63) is 24.0 Å². The molecular weight excluding hydrogens is 206 g/mol. The average molecular weight is 223 g/mol. The first-order valence-electron chi connectivity index (χ1n) is 5.05. The molecule has 2 N–H and O–H groups in total. The molecule has 0 atom stereocenters. The van der Waals surface area contributed by atoms with Crippen LogP contribution in [0.4, 0.5) is 5.69 Å². The fraction of sp³-hybridized carbons (Fsp3) is 0.455. The highest BCUT2D eigenvalue weighted by Gasteiger charge is 2.01. The van der Waals surface area contributed by atoms with Gasteiger partial charge in [0.1, 0.15) is 0 Å². The lowest BCUT2D eigenvalue weighted by Crippen LogP contribution is -2.31. The average Bonchev–Trinajstić information content (AvgIpc) is 2.18. The summed E-state index contributed by atoms with van der Waals surface area (Å²) in [5.74, 6) is 0.583. The lowest BCUT2D eigenvalue weighted by atomic mass is 10.2. The Hall–Kier alpha value is -1.16. The van der Waals surface area contributed by atoms with Crippen LogP contribution in [-0.4, -0.2) is 16.6 Å². The molecule has 0 saturated heterocycles. The van der Waals surface area contributed by atoms with Gasteiger partial charge in [0.05, 0.1) is 11.9 Å². The van der Waals surface area contributed by atoms with Crippen LogP contribution in [0.2, 0.25) is 0 Å². The molecule has 0 radical (unpaired) electrons. The minimum absolute atomic E-state index is 0.583. The molecule has 0 aliphatic rings. The number of aryl methyl sites for hydroxylation is 1. The minimum Gasteiger partial charge on any atom is -0.362 e. The Morgan fingerprint density at radius 2 is 2.27 bits per heavy atom. The maximum atomic E-state index is 5.16. The minimum atomic E-state index is 0.583. The smallest absolute Gasteiger partial charge is 0.170 e. The van der Waals surface area contributed by atoms with Gasteiger partial charge in [-0.2, -0.15) is 0 Å². The van der Waals surface area contributed by atoms with Gasteiger partial charge in [0, 0.05) is 12.7 Å². The Bertz CT molecular complexity index is 336. The Morgan fingerprint density at radius 3 is 2.87 bits per heavy atom. The maximum absolute atomic E-state index is 5.16. The summed E-state index contributed by atoms with van der Waals surface area (Å²) in [6.45, 7) is 7.19. The van der Waals surface area contributed by atoms with E-state index in [1.165, 1.54) is 0 Å². The molecule has 0 amide bonds. The van der Waals surface area contributed by atoms with Crippen LogP contribution in [0, 0.1) is 12.8 Å². The van der Waals surface area contributed by atoms with Gasteiger partial charge in [-0.1, -0.05) is 13.8 Å². The van der Waals surface area contributed by atoms with Gasteiger partial charge >= 0.3 is 0 Å². The van der Waals surface area contributed by atoms with Crippen molar-refractivity contribution in [2.24, 2.45) is 5.92 Å². The van der Waals surface area contributed by atoms with Crippen LogP contribution >= 0.6 is 12.2 Å². The van der Waals surface area contributed by atoms with Crippen molar-refractivity contribution in [2.75, 3.05) is 11.9 Å². The van der Waals surface area contributed by atoms with Crippen LogP contribution in [0.25, 0.3) is 0 Å². The van der Waals surface area contributed by atoms with Crippen molar-refractivity contribution in [1.29, 1.82) is 0 Å². The molecule has 1 heterocycles. The number of nitrogens with zero attached hydrogens (tertiary/aromatic N) is 1. The molecule has 0 saturated carbocycles. The summed E-state index contributed by atoms with van der Waals surface area (Å²) < 4.78 is 0. The third kappa shape index (κ3) is 4.25. The van der Waals surface area contributed by atoms with Crippen molar-refractivity contribution < 1.29 is 0 Å². The summed E-state index contributed by atoms with van der Waals surface area (Å²) in [7, 11) is 0. The molecule has 0 spiro atoms. The second-order valence-corrected chi connectivity index (χ2v) is 4.33. The number of anilines is 1. The quantitative estimate of drug-likeness (QED) is 0.771. The molecule has 0 unspecified atom stereocenters. The number of hydrogen-bond donors (Lipinski definition) is 2. The van der Waals surface area contributed by atoms with Gasteiger partial charge in [-0.3, -0.25) is 4.98 Å². The van der Waals surface area contributed by atoms with Gasteiger partial charge in [0.25, 0.3) is 0 Å². The molecule has 82 valence electrons. The fourth-order valence-electron chi connectivity index (χ4n) is 1.06. The number of thiocarbonyl (C=S) groups is 1. The van der Waals surface area contributed by atoms with E-state index < -0.39 is 0 Å². The van der Waals surface area contributed by atoms with E-state index in [1.54, 1.807) is 12.4 Å². The third-order valence-corrected chi connectivity index (χ3v) is 2.20. The largest absolute Gasteiger partial charge is 0.362 e. The van der Waals surface area contributed by atoms with Crippen LogP contribution in [0.15, 0.2) is 18.5 Å². The van der Waals surface area contributed by atoms with E-state index in [1.807, 2.05) is 13.0 Å². The van der Waals surface area contributed by atoms with E-state index in [4.69, 9.17) is 12.2 Å². The first-order chi connectivity index (χ1) is 7.09. The summed E-state index contributed by atoms with van der Waals surface area (Å²) in [5.41, 5.74) is 2.09. The molecule has 0 aromatic carbocycles. The number of pyridine rings is 1. The fourth-order valence-corrected chi connectivity index (χ4v) is 1.25. The van der Waals surface area contributed by atoms with E-state index in [0.29, 0.717) is 11.0 Å². The molecule has 4 heteroatoms. The Balaban J connectivity index is 2.48. The van der Waals surface area contributed by atoms with Crippen molar-refractivity contribution in [2.45, 2.75) is 20.8 Å². The lowest BCUT2D eigenvalue weighted by Gasteiger charge is -2.13. The predicted octanol–water partition coefficient (Wildman–Crippen LogP) is 2.33. The monoisotopic (exact) mass is 223 g/mol. The number of hydrogen-bond acceptors (Lipinski definition) is 2. The highest BCUT2D eigenvalue weighted by Crippen LogP contribution is 2.10. The van der Waals surface area contributed by atoms with E-state index in [9.17, 15) is 0 Å². The summed E-state index contributed by atoms with van der Waals surface area (Å²) in [6.07, 6.45) is 3.55. The predicted molar refractivity (Wildman–Crippen MR) is 68.0 cm³/mol. The van der Waals surface area contributed by atoms with Gasteiger partial charge in [-0.05, 0) is 36.7 Å². The van der Waals surface area contributed by atoms with E-state index >= 15 is 0 Å². The number of nitrogens with one attached hydrogen (secondary N) is 2. The summed E-state index contributed by atoms with van der Waals surface area (Å²) in [6, 6.07) is 1.95. The summed E-state index contributed by atoms with van der Waals surface area (Å²) in [4.78, 5) is 4.04. The zero-order valence-corrected chi connectivity index (χ0v) is 10.2. The molecule has 0 aliphatic heterocycles. The van der Waals surface area contributed by atoms with Gasteiger partial charge in [0.15, 0.2) is 5.11 Å². The lowest BCUT2D eigenvalue weighted by molar-refractivity contribution is 0.627. The highest BCUT2D eigenvalue weighted by molar-refractivity contribution is 7.80. The molecule has 0 bridgehead atoms. The van der Waals surface area contributed by atoms with Gasteiger partial charge in [-0.15, -0.1) is 0 Å². The van der Waals surface area contributed by atoms with Crippen molar-refractivity contribution in [3.63, 3.8) is 0 Å². The van der Waals surface area contributed by atoms with Crippen LogP contribution in [0.5, 0.6) is 0 Å². The molecular formula is C11H17N3S. The standard InChI is InChI=1S/C11H17N3S/c1-8(2)6-13-11(15)14-10-7-12-5-4-9(10)3/h4-5,7-8H,6H2,1-3H3,(H2,13,14,15). The van der Waals surface area contributed by atoms with Crippen molar-refractivity contribution >= 4 is 23.0 Å². The SMILES string of the molecule is Cc1ccncc1NC(=S)NCC(C)C. The van der Waals surface area contributed by atoms with Gasteiger partial charge in [-0.25, -0.2) is 0 Å². The Morgan fingerprint density at radius 1 is 1.53 bits per heavy atom. The van der Waals surface area contributed by atoms with Gasteiger partial charge < -0.3 is 10.6 Å². The van der Waals surface area contributed by atoms with Gasteiger partial charge in [0.2, 0.25) is 0 Å².